The average molecular weight is 412 g/mol. The van der Waals surface area contributed by atoms with Crippen LogP contribution in [-0.2, 0) is 4.74 Å². The van der Waals surface area contributed by atoms with E-state index in [1.54, 1.807) is 16.7 Å². The van der Waals surface area contributed by atoms with Crippen LogP contribution in [0.15, 0.2) is 22.8 Å². The normalized spacial score (nSPS) is 55.0. The zero-order chi connectivity index (χ0) is 20.8. The summed E-state index contributed by atoms with van der Waals surface area (Å²) in [6, 6.07) is 0.530. The summed E-state index contributed by atoms with van der Waals surface area (Å²) in [7, 11) is 0. The Bertz CT molecular complexity index is 801. The van der Waals surface area contributed by atoms with Gasteiger partial charge < -0.3 is 15.2 Å². The van der Waals surface area contributed by atoms with E-state index in [9.17, 15) is 5.11 Å². The van der Waals surface area contributed by atoms with Crippen molar-refractivity contribution in [3.05, 3.63) is 22.8 Å². The van der Waals surface area contributed by atoms with Crippen molar-refractivity contribution in [2.24, 2.45) is 35.0 Å². The standard InChI is InChI=1S/C27H41NO2/c1-15-11-24-25(28-14-15)17(3)27(30-24)10-8-20-21-6-5-18-12-19(29)7-9-26(18,4)23(21)13-22(20)16(27)2/h5,15,17,19-21,23-25,28-29H,6-14H2,1-4H3/t15?,17?,19?,20-,21-,23+,24+,25+,26-,27-/m0/s1. The predicted molar refractivity (Wildman–Crippen MR) is 120 cm³/mol. The number of hydrogen-bond acceptors (Lipinski definition) is 3. The second-order valence-electron chi connectivity index (χ2n) is 12.2. The minimum atomic E-state index is -0.111. The molecule has 3 heteroatoms. The lowest BCUT2D eigenvalue weighted by molar-refractivity contribution is -0.0549. The molecule has 10 atom stereocenters. The first-order chi connectivity index (χ1) is 14.3. The molecule has 166 valence electrons. The van der Waals surface area contributed by atoms with Gasteiger partial charge in [-0.1, -0.05) is 38.0 Å². The third kappa shape index (κ3) is 2.55. The summed E-state index contributed by atoms with van der Waals surface area (Å²) in [5.41, 5.74) is 5.25. The van der Waals surface area contributed by atoms with Crippen molar-refractivity contribution in [3.63, 3.8) is 0 Å². The van der Waals surface area contributed by atoms with E-state index in [1.165, 1.54) is 38.5 Å². The highest BCUT2D eigenvalue weighted by molar-refractivity contribution is 5.38. The molecule has 2 saturated carbocycles. The van der Waals surface area contributed by atoms with Gasteiger partial charge in [0.25, 0.3) is 0 Å². The summed E-state index contributed by atoms with van der Waals surface area (Å²) < 4.78 is 7.03. The lowest BCUT2D eigenvalue weighted by atomic mass is 9.56. The minimum Gasteiger partial charge on any atom is -0.393 e. The van der Waals surface area contributed by atoms with E-state index < -0.39 is 0 Å². The summed E-state index contributed by atoms with van der Waals surface area (Å²) in [6.45, 7) is 10.9. The Hall–Kier alpha value is -0.640. The molecule has 2 saturated heterocycles. The van der Waals surface area contributed by atoms with E-state index in [2.05, 4.69) is 39.1 Å². The minimum absolute atomic E-state index is 0.0222. The van der Waals surface area contributed by atoms with E-state index in [4.69, 9.17) is 4.74 Å². The van der Waals surface area contributed by atoms with Gasteiger partial charge in [-0.3, -0.25) is 0 Å². The first-order valence-electron chi connectivity index (χ1n) is 12.8. The topological polar surface area (TPSA) is 41.5 Å². The number of fused-ring (bicyclic) bond motifs is 6. The van der Waals surface area contributed by atoms with E-state index in [0.717, 1.165) is 43.1 Å². The van der Waals surface area contributed by atoms with Gasteiger partial charge in [0, 0.05) is 12.0 Å². The van der Waals surface area contributed by atoms with Crippen molar-refractivity contribution in [3.8, 4) is 0 Å². The van der Waals surface area contributed by atoms with Gasteiger partial charge in [0.2, 0.25) is 0 Å². The molecule has 4 aliphatic carbocycles. The number of aliphatic hydroxyl groups excluding tert-OH is 1. The fraction of sp³-hybridized carbons (Fsp3) is 0.852. The molecule has 2 aliphatic heterocycles. The Kier molecular flexibility index (Phi) is 4.46. The lowest BCUT2D eigenvalue weighted by Gasteiger charge is -2.49. The van der Waals surface area contributed by atoms with Gasteiger partial charge in [-0.2, -0.15) is 0 Å². The Morgan fingerprint density at radius 1 is 1.17 bits per heavy atom. The van der Waals surface area contributed by atoms with Crippen LogP contribution in [0, 0.1) is 35.0 Å². The molecular formula is C27H41NO2. The number of hydrogen-bond donors (Lipinski definition) is 2. The van der Waals surface area contributed by atoms with Gasteiger partial charge in [0.15, 0.2) is 0 Å². The molecule has 6 rings (SSSR count). The first kappa shape index (κ1) is 20.0. The zero-order valence-corrected chi connectivity index (χ0v) is 19.4. The third-order valence-corrected chi connectivity index (χ3v) is 10.9. The van der Waals surface area contributed by atoms with E-state index >= 15 is 0 Å². The van der Waals surface area contributed by atoms with Crippen molar-refractivity contribution in [1.29, 1.82) is 0 Å². The molecule has 0 aromatic rings. The summed E-state index contributed by atoms with van der Waals surface area (Å²) >= 11 is 0. The highest BCUT2D eigenvalue weighted by Crippen LogP contribution is 2.65. The van der Waals surface area contributed by atoms with E-state index in [1.807, 2.05) is 0 Å². The van der Waals surface area contributed by atoms with Crippen LogP contribution >= 0.6 is 0 Å². The maximum atomic E-state index is 10.3. The van der Waals surface area contributed by atoms with Crippen molar-refractivity contribution in [1.82, 2.24) is 5.32 Å². The number of rotatable bonds is 0. The van der Waals surface area contributed by atoms with Crippen LogP contribution in [-0.4, -0.2) is 35.5 Å². The van der Waals surface area contributed by atoms with Crippen LogP contribution in [0.3, 0.4) is 0 Å². The Morgan fingerprint density at radius 2 is 2.00 bits per heavy atom. The molecular weight excluding hydrogens is 370 g/mol. The molecule has 3 nitrogen and oxygen atoms in total. The Morgan fingerprint density at radius 3 is 2.83 bits per heavy atom. The predicted octanol–water partition coefficient (Wildman–Crippen LogP) is 5.00. The van der Waals surface area contributed by atoms with Gasteiger partial charge in [-0.05, 0) is 99.5 Å². The molecule has 0 aromatic carbocycles. The first-order valence-corrected chi connectivity index (χ1v) is 12.8. The fourth-order valence-electron chi connectivity index (χ4n) is 9.09. The molecule has 3 unspecified atom stereocenters. The quantitative estimate of drug-likeness (QED) is 0.551. The van der Waals surface area contributed by atoms with Gasteiger partial charge in [0.1, 0.15) is 0 Å². The van der Waals surface area contributed by atoms with Crippen LogP contribution < -0.4 is 5.32 Å². The van der Waals surface area contributed by atoms with Gasteiger partial charge in [-0.25, -0.2) is 0 Å². The second-order valence-corrected chi connectivity index (χ2v) is 12.2. The number of allylic oxidation sites excluding steroid dienone is 2. The summed E-state index contributed by atoms with van der Waals surface area (Å²) in [5.74, 6) is 3.64. The average Bonchev–Trinajstić information content (AvgIpc) is 3.23. The SMILES string of the molecule is CC1=C2C[C@@H]3[C@@H](CC=C4CC(O)CC[C@@]43C)[C@@H]2CC[C@]12O[C@@H]1CC(C)CN[C@@H]1C2C. The molecule has 6 aliphatic rings. The molecule has 2 heterocycles. The van der Waals surface area contributed by atoms with Crippen molar-refractivity contribution >= 4 is 0 Å². The van der Waals surface area contributed by atoms with Crippen LogP contribution in [0.5, 0.6) is 0 Å². The lowest BCUT2D eigenvalue weighted by Crippen LogP contribution is -2.49. The monoisotopic (exact) mass is 411 g/mol. The fourth-order valence-corrected chi connectivity index (χ4v) is 9.09. The number of ether oxygens (including phenoxy) is 1. The highest BCUT2D eigenvalue weighted by Gasteiger charge is 2.60. The Balaban J connectivity index is 1.34. The number of aliphatic hydroxyl groups is 1. The van der Waals surface area contributed by atoms with Gasteiger partial charge in [-0.15, -0.1) is 0 Å². The zero-order valence-electron chi connectivity index (χ0n) is 19.4. The smallest absolute Gasteiger partial charge is 0.0937 e. The van der Waals surface area contributed by atoms with Gasteiger partial charge in [0.05, 0.1) is 17.8 Å². The Labute approximate surface area is 182 Å². The second kappa shape index (κ2) is 6.68. The molecule has 4 fully saturated rings. The summed E-state index contributed by atoms with van der Waals surface area (Å²) in [5, 5.41) is 14.1. The third-order valence-electron chi connectivity index (χ3n) is 10.9. The van der Waals surface area contributed by atoms with Gasteiger partial charge >= 0.3 is 0 Å². The maximum Gasteiger partial charge on any atom is 0.0937 e. The van der Waals surface area contributed by atoms with E-state index in [-0.39, 0.29) is 11.7 Å². The number of piperidine rings is 1. The van der Waals surface area contributed by atoms with Crippen molar-refractivity contribution in [2.75, 3.05) is 6.54 Å². The molecule has 0 aromatic heterocycles. The van der Waals surface area contributed by atoms with Crippen molar-refractivity contribution in [2.45, 2.75) is 103 Å². The highest BCUT2D eigenvalue weighted by atomic mass is 16.5. The van der Waals surface area contributed by atoms with Crippen LogP contribution in [0.25, 0.3) is 0 Å². The molecule has 1 spiro atoms. The molecule has 0 bridgehead atoms. The summed E-state index contributed by atoms with van der Waals surface area (Å²) in [6.07, 6.45) is 12.2. The van der Waals surface area contributed by atoms with Crippen LogP contribution in [0.1, 0.15) is 79.1 Å². The van der Waals surface area contributed by atoms with Crippen LogP contribution in [0.4, 0.5) is 0 Å². The van der Waals surface area contributed by atoms with Crippen molar-refractivity contribution < 1.29 is 9.84 Å². The summed E-state index contributed by atoms with van der Waals surface area (Å²) in [4.78, 5) is 0. The largest absolute Gasteiger partial charge is 0.393 e. The molecule has 30 heavy (non-hydrogen) atoms. The maximum absolute atomic E-state index is 10.3. The molecule has 0 amide bonds. The van der Waals surface area contributed by atoms with E-state index in [0.29, 0.717) is 23.5 Å². The van der Waals surface area contributed by atoms with Crippen LogP contribution in [0.2, 0.25) is 0 Å². The molecule has 0 radical (unpaired) electrons. The molecule has 2 N–H and O–H groups in total. The number of nitrogens with one attached hydrogen (secondary N) is 1.